The van der Waals surface area contributed by atoms with Crippen LogP contribution in [-0.4, -0.2) is 19.1 Å². The predicted octanol–water partition coefficient (Wildman–Crippen LogP) is 3.37. The summed E-state index contributed by atoms with van der Waals surface area (Å²) in [6, 6.07) is 9.51. The summed E-state index contributed by atoms with van der Waals surface area (Å²) in [5.74, 6) is 1.32. The van der Waals surface area contributed by atoms with Gasteiger partial charge in [0.1, 0.15) is 0 Å². The largest absolute Gasteiger partial charge is 0.367 e. The highest BCUT2D eigenvalue weighted by atomic mass is 15.2. The lowest BCUT2D eigenvalue weighted by atomic mass is 9.98. The zero-order valence-corrected chi connectivity index (χ0v) is 11.9. The number of para-hydroxylation sites is 1. The molecule has 2 unspecified atom stereocenters. The molecule has 0 radical (unpaired) electrons. The second kappa shape index (κ2) is 5.75. The van der Waals surface area contributed by atoms with Gasteiger partial charge in [0.25, 0.3) is 0 Å². The summed E-state index contributed by atoms with van der Waals surface area (Å²) in [4.78, 5) is 2.61. The van der Waals surface area contributed by atoms with Crippen LogP contribution in [0.3, 0.4) is 0 Å². The third kappa shape index (κ3) is 2.39. The molecule has 1 aliphatic rings. The first-order chi connectivity index (χ1) is 8.69. The van der Waals surface area contributed by atoms with Gasteiger partial charge in [0.05, 0.1) is 0 Å². The summed E-state index contributed by atoms with van der Waals surface area (Å²) in [6.07, 6.45) is 2.31. The van der Waals surface area contributed by atoms with Crippen LogP contribution >= 0.6 is 0 Å². The average Bonchev–Trinajstić information content (AvgIpc) is 2.70. The first kappa shape index (κ1) is 13.4. The van der Waals surface area contributed by atoms with Crippen molar-refractivity contribution in [1.82, 2.24) is 0 Å². The number of nitrogens with zero attached hydrogens (tertiary/aromatic N) is 1. The van der Waals surface area contributed by atoms with E-state index in [0.717, 1.165) is 19.5 Å². The van der Waals surface area contributed by atoms with Gasteiger partial charge in [0.15, 0.2) is 0 Å². The smallest absolute Gasteiger partial charge is 0.0405 e. The zero-order valence-electron chi connectivity index (χ0n) is 11.9. The maximum atomic E-state index is 5.76. The molecule has 1 aliphatic heterocycles. The summed E-state index contributed by atoms with van der Waals surface area (Å²) in [7, 11) is 0. The van der Waals surface area contributed by atoms with Gasteiger partial charge in [-0.05, 0) is 36.9 Å². The number of fused-ring (bicyclic) bond motifs is 1. The van der Waals surface area contributed by atoms with E-state index >= 15 is 0 Å². The number of rotatable bonds is 5. The molecule has 0 aromatic heterocycles. The Kier molecular flexibility index (Phi) is 4.28. The van der Waals surface area contributed by atoms with E-state index in [-0.39, 0.29) is 0 Å². The molecule has 0 amide bonds. The Morgan fingerprint density at radius 3 is 2.67 bits per heavy atom. The third-order valence-corrected chi connectivity index (χ3v) is 4.21. The van der Waals surface area contributed by atoms with Crippen LogP contribution in [-0.2, 0) is 0 Å². The van der Waals surface area contributed by atoms with Crippen LogP contribution in [0, 0.1) is 5.92 Å². The normalized spacial score (nSPS) is 20.3. The molecule has 2 N–H and O–H groups in total. The van der Waals surface area contributed by atoms with Gasteiger partial charge in [-0.3, -0.25) is 0 Å². The Morgan fingerprint density at radius 1 is 1.33 bits per heavy atom. The van der Waals surface area contributed by atoms with Crippen LogP contribution in [0.15, 0.2) is 24.3 Å². The Morgan fingerprint density at radius 2 is 2.06 bits per heavy atom. The van der Waals surface area contributed by atoms with E-state index in [1.165, 1.54) is 17.7 Å². The topological polar surface area (TPSA) is 29.3 Å². The van der Waals surface area contributed by atoms with Crippen molar-refractivity contribution in [1.29, 1.82) is 0 Å². The lowest BCUT2D eigenvalue weighted by Crippen LogP contribution is -2.38. The minimum absolute atomic E-state index is 0.624. The maximum Gasteiger partial charge on any atom is 0.0405 e. The monoisotopic (exact) mass is 246 g/mol. The van der Waals surface area contributed by atoms with Crippen LogP contribution in [0.4, 0.5) is 5.69 Å². The highest BCUT2D eigenvalue weighted by Crippen LogP contribution is 2.40. The van der Waals surface area contributed by atoms with Gasteiger partial charge in [-0.1, -0.05) is 39.0 Å². The van der Waals surface area contributed by atoms with Gasteiger partial charge < -0.3 is 10.6 Å². The first-order valence-electron chi connectivity index (χ1n) is 7.24. The van der Waals surface area contributed by atoms with Gasteiger partial charge >= 0.3 is 0 Å². The van der Waals surface area contributed by atoms with Crippen LogP contribution in [0.5, 0.6) is 0 Å². The molecule has 18 heavy (non-hydrogen) atoms. The van der Waals surface area contributed by atoms with Crippen molar-refractivity contribution in [3.63, 3.8) is 0 Å². The molecule has 2 heteroatoms. The molecule has 100 valence electrons. The van der Waals surface area contributed by atoms with Crippen molar-refractivity contribution in [3.8, 4) is 0 Å². The quantitative estimate of drug-likeness (QED) is 0.863. The molecule has 1 aromatic rings. The fraction of sp³-hybridized carbons (Fsp3) is 0.625. The average molecular weight is 246 g/mol. The lowest BCUT2D eigenvalue weighted by molar-refractivity contribution is 0.439. The van der Waals surface area contributed by atoms with Crippen molar-refractivity contribution in [2.45, 2.75) is 45.6 Å². The number of nitrogens with two attached hydrogens (primary N) is 1. The van der Waals surface area contributed by atoms with Crippen molar-refractivity contribution in [3.05, 3.63) is 29.8 Å². The van der Waals surface area contributed by atoms with Gasteiger partial charge in [-0.15, -0.1) is 0 Å². The van der Waals surface area contributed by atoms with Gasteiger partial charge in [-0.25, -0.2) is 0 Å². The van der Waals surface area contributed by atoms with E-state index < -0.39 is 0 Å². The van der Waals surface area contributed by atoms with E-state index in [9.17, 15) is 0 Å². The molecular formula is C16H26N2. The Hall–Kier alpha value is -1.02. The molecule has 0 bridgehead atoms. The van der Waals surface area contributed by atoms with Crippen molar-refractivity contribution in [2.75, 3.05) is 18.0 Å². The molecule has 1 aromatic carbocycles. The van der Waals surface area contributed by atoms with Crippen molar-refractivity contribution < 1.29 is 0 Å². The molecule has 2 rings (SSSR count). The standard InChI is InChI=1S/C16H26N2/c1-4-15(12(2)3)18-11-13(9-10-17)14-7-5-6-8-16(14)18/h5-8,12-13,15H,4,9-11,17H2,1-3H3. The molecule has 0 saturated carbocycles. The molecule has 0 saturated heterocycles. The Bertz CT molecular complexity index is 386. The van der Waals surface area contributed by atoms with Crippen LogP contribution in [0.1, 0.15) is 45.1 Å². The molecule has 0 fully saturated rings. The van der Waals surface area contributed by atoms with E-state index in [2.05, 4.69) is 49.9 Å². The summed E-state index contributed by atoms with van der Waals surface area (Å²) in [6.45, 7) is 8.88. The molecule has 2 atom stereocenters. The van der Waals surface area contributed by atoms with Gasteiger partial charge in [0.2, 0.25) is 0 Å². The lowest BCUT2D eigenvalue weighted by Gasteiger charge is -2.33. The number of benzene rings is 1. The van der Waals surface area contributed by atoms with E-state index in [1.54, 1.807) is 0 Å². The Labute approximate surface area is 111 Å². The van der Waals surface area contributed by atoms with E-state index in [1.807, 2.05) is 0 Å². The fourth-order valence-corrected chi connectivity index (χ4v) is 3.34. The number of anilines is 1. The Balaban J connectivity index is 2.29. The fourth-order valence-electron chi connectivity index (χ4n) is 3.34. The minimum atomic E-state index is 0.624. The van der Waals surface area contributed by atoms with Crippen LogP contribution in [0.2, 0.25) is 0 Å². The number of hydrogen-bond donors (Lipinski definition) is 1. The molecule has 0 aliphatic carbocycles. The summed E-state index contributed by atoms with van der Waals surface area (Å²) < 4.78 is 0. The van der Waals surface area contributed by atoms with E-state index in [0.29, 0.717) is 17.9 Å². The summed E-state index contributed by atoms with van der Waals surface area (Å²) in [5, 5.41) is 0. The maximum absolute atomic E-state index is 5.76. The van der Waals surface area contributed by atoms with Crippen LogP contribution in [0.25, 0.3) is 0 Å². The van der Waals surface area contributed by atoms with Gasteiger partial charge in [0, 0.05) is 24.2 Å². The second-order valence-electron chi connectivity index (χ2n) is 5.71. The molecule has 1 heterocycles. The van der Waals surface area contributed by atoms with Gasteiger partial charge in [-0.2, -0.15) is 0 Å². The predicted molar refractivity (Wildman–Crippen MR) is 79.1 cm³/mol. The third-order valence-electron chi connectivity index (χ3n) is 4.21. The zero-order chi connectivity index (χ0) is 13.1. The van der Waals surface area contributed by atoms with Crippen molar-refractivity contribution >= 4 is 5.69 Å². The summed E-state index contributed by atoms with van der Waals surface area (Å²) >= 11 is 0. The SMILES string of the molecule is CCC(C(C)C)N1CC(CCN)c2ccccc21. The first-order valence-corrected chi connectivity index (χ1v) is 7.24. The van der Waals surface area contributed by atoms with E-state index in [4.69, 9.17) is 5.73 Å². The minimum Gasteiger partial charge on any atom is -0.367 e. The highest BCUT2D eigenvalue weighted by molar-refractivity contribution is 5.61. The summed E-state index contributed by atoms with van der Waals surface area (Å²) in [5.41, 5.74) is 8.70. The highest BCUT2D eigenvalue weighted by Gasteiger charge is 2.32. The van der Waals surface area contributed by atoms with Crippen LogP contribution < -0.4 is 10.6 Å². The molecule has 0 spiro atoms. The second-order valence-corrected chi connectivity index (χ2v) is 5.71. The number of hydrogen-bond acceptors (Lipinski definition) is 2. The molecule has 2 nitrogen and oxygen atoms in total. The molecular weight excluding hydrogens is 220 g/mol. The van der Waals surface area contributed by atoms with Crippen molar-refractivity contribution in [2.24, 2.45) is 11.7 Å².